The Morgan fingerprint density at radius 3 is 2.72 bits per heavy atom. The average Bonchev–Trinajstić information content (AvgIpc) is 2.96. The van der Waals surface area contributed by atoms with Crippen LogP contribution in [0.4, 0.5) is 17.6 Å². The molecule has 0 bridgehead atoms. The van der Waals surface area contributed by atoms with Gasteiger partial charge in [-0.05, 0) is 30.2 Å². The maximum Gasteiger partial charge on any atom is 0.416 e. The van der Waals surface area contributed by atoms with Gasteiger partial charge in [-0.3, -0.25) is 9.78 Å². The largest absolute Gasteiger partial charge is 0.416 e. The molecule has 8 heteroatoms. The molecule has 132 valence electrons. The smallest absolute Gasteiger partial charge is 0.391 e. The molecule has 2 aromatic rings. The van der Waals surface area contributed by atoms with E-state index in [1.54, 1.807) is 0 Å². The van der Waals surface area contributed by atoms with Crippen LogP contribution in [-0.4, -0.2) is 33.5 Å². The van der Waals surface area contributed by atoms with Crippen LogP contribution >= 0.6 is 0 Å². The molecule has 0 spiro atoms. The topological polar surface area (TPSA) is 53.4 Å². The van der Waals surface area contributed by atoms with Crippen molar-refractivity contribution >= 4 is 5.91 Å². The summed E-state index contributed by atoms with van der Waals surface area (Å²) in [5.41, 5.74) is -0.829. The monoisotopic (exact) mass is 354 g/mol. The van der Waals surface area contributed by atoms with E-state index in [9.17, 15) is 27.5 Å². The number of aliphatic hydroxyl groups is 1. The van der Waals surface area contributed by atoms with Crippen molar-refractivity contribution in [3.8, 4) is 0 Å². The molecule has 25 heavy (non-hydrogen) atoms. The van der Waals surface area contributed by atoms with E-state index < -0.39 is 35.6 Å². The van der Waals surface area contributed by atoms with Gasteiger partial charge in [0.25, 0.3) is 5.91 Å². The zero-order valence-corrected chi connectivity index (χ0v) is 12.9. The maximum absolute atomic E-state index is 13.8. The van der Waals surface area contributed by atoms with Crippen molar-refractivity contribution in [1.29, 1.82) is 0 Å². The molecule has 0 radical (unpaired) electrons. The molecule has 4 nitrogen and oxygen atoms in total. The second kappa shape index (κ2) is 6.44. The molecule has 2 unspecified atom stereocenters. The van der Waals surface area contributed by atoms with E-state index >= 15 is 0 Å². The Labute approximate surface area is 140 Å². The second-order valence-corrected chi connectivity index (χ2v) is 5.84. The fourth-order valence-electron chi connectivity index (χ4n) is 2.98. The highest BCUT2D eigenvalue weighted by molar-refractivity contribution is 5.94. The van der Waals surface area contributed by atoms with Crippen molar-refractivity contribution < 1.29 is 27.5 Å². The first-order chi connectivity index (χ1) is 11.8. The lowest BCUT2D eigenvalue weighted by molar-refractivity contribution is -0.137. The van der Waals surface area contributed by atoms with Crippen molar-refractivity contribution in [3.05, 3.63) is 65.2 Å². The van der Waals surface area contributed by atoms with Crippen LogP contribution in [0, 0.1) is 5.82 Å². The number of pyridine rings is 1. The number of halogens is 4. The predicted molar refractivity (Wildman–Crippen MR) is 80.0 cm³/mol. The van der Waals surface area contributed by atoms with Crippen molar-refractivity contribution in [1.82, 2.24) is 9.88 Å². The molecule has 2 atom stereocenters. The van der Waals surface area contributed by atoms with E-state index in [1.807, 2.05) is 0 Å². The predicted octanol–water partition coefficient (Wildman–Crippen LogP) is 3.19. The summed E-state index contributed by atoms with van der Waals surface area (Å²) in [5, 5.41) is 9.90. The first kappa shape index (κ1) is 17.3. The number of amides is 1. The molecule has 3 rings (SSSR count). The van der Waals surface area contributed by atoms with Gasteiger partial charge in [0.1, 0.15) is 0 Å². The van der Waals surface area contributed by atoms with E-state index in [-0.39, 0.29) is 24.1 Å². The molecule has 1 fully saturated rings. The minimum absolute atomic E-state index is 0.0818. The molecule has 0 aliphatic carbocycles. The van der Waals surface area contributed by atoms with E-state index in [0.717, 1.165) is 18.3 Å². The summed E-state index contributed by atoms with van der Waals surface area (Å²) in [6.07, 6.45) is -3.19. The lowest BCUT2D eigenvalue weighted by Gasteiger charge is -2.25. The van der Waals surface area contributed by atoms with Crippen molar-refractivity contribution in [2.45, 2.75) is 24.7 Å². The molecular weight excluding hydrogens is 340 g/mol. The number of likely N-dealkylation sites (tertiary alicyclic amines) is 1. The Morgan fingerprint density at radius 2 is 2.04 bits per heavy atom. The summed E-state index contributed by atoms with van der Waals surface area (Å²) in [7, 11) is 0. The van der Waals surface area contributed by atoms with Gasteiger partial charge in [0.15, 0.2) is 5.82 Å². The minimum atomic E-state index is -4.51. The Morgan fingerprint density at radius 1 is 1.28 bits per heavy atom. The molecular formula is C17H14F4N2O2. The Balaban J connectivity index is 1.95. The van der Waals surface area contributed by atoms with Gasteiger partial charge >= 0.3 is 6.18 Å². The van der Waals surface area contributed by atoms with E-state index in [0.29, 0.717) is 0 Å². The molecule has 1 saturated heterocycles. The van der Waals surface area contributed by atoms with Crippen LogP contribution in [0.2, 0.25) is 0 Å². The van der Waals surface area contributed by atoms with Gasteiger partial charge in [-0.25, -0.2) is 4.39 Å². The number of carbonyl (C=O) groups is 1. The molecule has 1 aliphatic rings. The molecule has 2 heterocycles. The number of β-amino-alcohol motifs (C(OH)–C–C–N with tert-alkyl or cyclic N) is 1. The number of hydrogen-bond acceptors (Lipinski definition) is 3. The van der Waals surface area contributed by atoms with Gasteiger partial charge in [0, 0.05) is 12.7 Å². The third kappa shape index (κ3) is 3.48. The van der Waals surface area contributed by atoms with Crippen LogP contribution in [0.15, 0.2) is 42.7 Å². The molecule has 1 aromatic carbocycles. The summed E-state index contributed by atoms with van der Waals surface area (Å²) in [4.78, 5) is 17.4. The number of rotatable bonds is 2. The van der Waals surface area contributed by atoms with Crippen LogP contribution in [0.5, 0.6) is 0 Å². The molecule has 1 amide bonds. The van der Waals surface area contributed by atoms with Crippen LogP contribution in [-0.2, 0) is 6.18 Å². The number of carbonyl (C=O) groups excluding carboxylic acids is 1. The number of benzene rings is 1. The van der Waals surface area contributed by atoms with Gasteiger partial charge in [-0.2, -0.15) is 13.2 Å². The Bertz CT molecular complexity index is 794. The number of hydrogen-bond donors (Lipinski definition) is 1. The molecule has 1 N–H and O–H groups in total. The summed E-state index contributed by atoms with van der Waals surface area (Å²) in [5.74, 6) is -1.52. The second-order valence-electron chi connectivity index (χ2n) is 5.84. The lowest BCUT2D eigenvalue weighted by atomic mass is 10.0. The Hall–Kier alpha value is -2.48. The van der Waals surface area contributed by atoms with E-state index in [1.165, 1.54) is 29.3 Å². The summed E-state index contributed by atoms with van der Waals surface area (Å²) in [6, 6.07) is 5.03. The number of aliphatic hydroxyl groups excluding tert-OH is 1. The summed E-state index contributed by atoms with van der Waals surface area (Å²) < 4.78 is 52.6. The maximum atomic E-state index is 13.8. The quantitative estimate of drug-likeness (QED) is 0.843. The van der Waals surface area contributed by atoms with Crippen LogP contribution in [0.1, 0.15) is 33.9 Å². The highest BCUT2D eigenvalue weighted by Crippen LogP contribution is 2.37. The fourth-order valence-corrected chi connectivity index (χ4v) is 2.98. The molecule has 0 saturated carbocycles. The first-order valence-corrected chi connectivity index (χ1v) is 7.53. The van der Waals surface area contributed by atoms with Gasteiger partial charge in [-0.1, -0.05) is 12.1 Å². The summed E-state index contributed by atoms with van der Waals surface area (Å²) >= 11 is 0. The number of aromatic nitrogens is 1. The van der Waals surface area contributed by atoms with Crippen LogP contribution in [0.3, 0.4) is 0 Å². The summed E-state index contributed by atoms with van der Waals surface area (Å²) in [6.45, 7) is -0.0818. The average molecular weight is 354 g/mol. The van der Waals surface area contributed by atoms with Gasteiger partial charge in [-0.15, -0.1) is 0 Å². The molecule has 1 aromatic heterocycles. The Kier molecular flexibility index (Phi) is 4.47. The highest BCUT2D eigenvalue weighted by Gasteiger charge is 2.38. The lowest BCUT2D eigenvalue weighted by Crippen LogP contribution is -2.32. The van der Waals surface area contributed by atoms with E-state index in [2.05, 4.69) is 4.98 Å². The first-order valence-electron chi connectivity index (χ1n) is 7.53. The van der Waals surface area contributed by atoms with Crippen molar-refractivity contribution in [3.63, 3.8) is 0 Å². The van der Waals surface area contributed by atoms with Gasteiger partial charge in [0.05, 0.1) is 29.5 Å². The third-order valence-corrected chi connectivity index (χ3v) is 4.14. The molecule has 1 aliphatic heterocycles. The SMILES string of the molecule is O=C(c1ccncc1F)N1CC(O)CC1c1cccc(C(F)(F)F)c1. The van der Waals surface area contributed by atoms with Crippen LogP contribution < -0.4 is 0 Å². The van der Waals surface area contributed by atoms with E-state index in [4.69, 9.17) is 0 Å². The van der Waals surface area contributed by atoms with Gasteiger partial charge < -0.3 is 10.0 Å². The fraction of sp³-hybridized carbons (Fsp3) is 0.294. The third-order valence-electron chi connectivity index (χ3n) is 4.14. The van der Waals surface area contributed by atoms with Gasteiger partial charge in [0.2, 0.25) is 0 Å². The zero-order chi connectivity index (χ0) is 18.2. The zero-order valence-electron chi connectivity index (χ0n) is 12.9. The minimum Gasteiger partial charge on any atom is -0.391 e. The van der Waals surface area contributed by atoms with Crippen LogP contribution in [0.25, 0.3) is 0 Å². The van der Waals surface area contributed by atoms with Crippen molar-refractivity contribution in [2.24, 2.45) is 0 Å². The standard InChI is InChI=1S/C17H14F4N2O2/c18-14-8-22-5-4-13(14)16(25)23-9-12(24)7-15(23)10-2-1-3-11(6-10)17(19,20)21/h1-6,8,12,15,24H,7,9H2. The number of nitrogens with zero attached hydrogens (tertiary/aromatic N) is 2. The normalized spacial score (nSPS) is 20.8. The van der Waals surface area contributed by atoms with Crippen molar-refractivity contribution in [2.75, 3.05) is 6.54 Å². The number of alkyl halides is 3. The highest BCUT2D eigenvalue weighted by atomic mass is 19.4.